The lowest BCUT2D eigenvalue weighted by Crippen LogP contribution is -1.75. The molecule has 0 heteroatoms. The summed E-state index contributed by atoms with van der Waals surface area (Å²) in [5, 5.41) is 0. The number of unbranched alkanes of at least 4 members (excludes halogenated alkanes) is 5. The molecule has 0 atom stereocenters. The average molecular weight is 198 g/mol. The van der Waals surface area contributed by atoms with E-state index >= 15 is 0 Å². The molecule has 0 nitrogen and oxygen atoms in total. The summed E-state index contributed by atoms with van der Waals surface area (Å²) >= 11 is 0. The molecule has 0 N–H and O–H groups in total. The fraction of sp³-hybridized carbons (Fsp3) is 1.00. The van der Waals surface area contributed by atoms with Crippen molar-refractivity contribution in [1.29, 1.82) is 0 Å². The maximum atomic E-state index is 2.27. The van der Waals surface area contributed by atoms with Gasteiger partial charge in [0, 0.05) is 0 Å². The third kappa shape index (κ3) is 12.0. The molecule has 1 fully saturated rings. The second kappa shape index (κ2) is 11.1. The van der Waals surface area contributed by atoms with E-state index in [0.717, 1.165) is 5.92 Å². The first-order valence-corrected chi connectivity index (χ1v) is 6.85. The molecular weight excluding hydrogens is 168 g/mol. The summed E-state index contributed by atoms with van der Waals surface area (Å²) in [5.41, 5.74) is 0. The monoisotopic (exact) mass is 198 g/mol. The van der Waals surface area contributed by atoms with Gasteiger partial charge in [0.2, 0.25) is 0 Å². The van der Waals surface area contributed by atoms with Gasteiger partial charge in [0.15, 0.2) is 0 Å². The quantitative estimate of drug-likeness (QED) is 0.470. The maximum Gasteiger partial charge on any atom is -0.0414 e. The van der Waals surface area contributed by atoms with Gasteiger partial charge in [-0.05, 0) is 5.92 Å². The molecule has 0 aromatic rings. The summed E-state index contributed by atoms with van der Waals surface area (Å²) in [6, 6.07) is 0. The van der Waals surface area contributed by atoms with Crippen molar-refractivity contribution >= 4 is 0 Å². The summed E-state index contributed by atoms with van der Waals surface area (Å²) in [6.45, 7) is 6.73. The van der Waals surface area contributed by atoms with Gasteiger partial charge >= 0.3 is 0 Å². The van der Waals surface area contributed by atoms with Crippen molar-refractivity contribution in [3.63, 3.8) is 0 Å². The van der Waals surface area contributed by atoms with Crippen LogP contribution < -0.4 is 0 Å². The van der Waals surface area contributed by atoms with Crippen LogP contribution in [0.15, 0.2) is 0 Å². The third-order valence-corrected chi connectivity index (χ3v) is 2.87. The zero-order valence-electron chi connectivity index (χ0n) is 10.6. The standard InChI is InChI=1S/C8H16.C6H14/c1-2-3-4-5-8-6-7-8;1-3-5-6-4-2/h8H,2-7H2,1H3;3-6H2,1-2H3. The molecule has 0 bridgehead atoms. The molecule has 0 spiro atoms. The van der Waals surface area contributed by atoms with Crippen LogP contribution in [0.25, 0.3) is 0 Å². The van der Waals surface area contributed by atoms with Gasteiger partial charge in [0.1, 0.15) is 0 Å². The Morgan fingerprint density at radius 1 is 0.714 bits per heavy atom. The van der Waals surface area contributed by atoms with Crippen LogP contribution in [0.3, 0.4) is 0 Å². The molecule has 0 radical (unpaired) electrons. The van der Waals surface area contributed by atoms with Crippen LogP contribution in [0.4, 0.5) is 0 Å². The zero-order chi connectivity index (χ0) is 10.6. The fourth-order valence-electron chi connectivity index (χ4n) is 1.59. The zero-order valence-corrected chi connectivity index (χ0v) is 10.6. The highest BCUT2D eigenvalue weighted by atomic mass is 14.2. The Hall–Kier alpha value is 0. The summed E-state index contributed by atoms with van der Waals surface area (Å²) in [6.07, 6.45) is 14.4. The topological polar surface area (TPSA) is 0 Å². The van der Waals surface area contributed by atoms with Crippen molar-refractivity contribution in [2.75, 3.05) is 0 Å². The number of hydrogen-bond acceptors (Lipinski definition) is 0. The van der Waals surface area contributed by atoms with Gasteiger partial charge in [-0.1, -0.05) is 85.0 Å². The Morgan fingerprint density at radius 2 is 1.14 bits per heavy atom. The van der Waals surface area contributed by atoms with E-state index in [1.54, 1.807) is 0 Å². The Kier molecular flexibility index (Phi) is 11.1. The second-order valence-corrected chi connectivity index (χ2v) is 4.65. The van der Waals surface area contributed by atoms with E-state index in [1.165, 1.54) is 64.2 Å². The van der Waals surface area contributed by atoms with E-state index in [2.05, 4.69) is 20.8 Å². The van der Waals surface area contributed by atoms with Crippen molar-refractivity contribution in [2.45, 2.75) is 85.0 Å². The smallest absolute Gasteiger partial charge is 0.0414 e. The highest BCUT2D eigenvalue weighted by molar-refractivity contribution is 4.72. The van der Waals surface area contributed by atoms with Crippen molar-refractivity contribution in [2.24, 2.45) is 5.92 Å². The van der Waals surface area contributed by atoms with Crippen molar-refractivity contribution in [3.8, 4) is 0 Å². The summed E-state index contributed by atoms with van der Waals surface area (Å²) < 4.78 is 0. The molecule has 1 rings (SSSR count). The Bertz CT molecular complexity index is 88.2. The first kappa shape index (κ1) is 14.0. The largest absolute Gasteiger partial charge is 0.0654 e. The molecule has 0 aliphatic heterocycles. The molecule has 86 valence electrons. The van der Waals surface area contributed by atoms with Gasteiger partial charge in [-0.25, -0.2) is 0 Å². The number of hydrogen-bond donors (Lipinski definition) is 0. The van der Waals surface area contributed by atoms with Crippen LogP contribution in [0, 0.1) is 5.92 Å². The van der Waals surface area contributed by atoms with Gasteiger partial charge in [-0.2, -0.15) is 0 Å². The van der Waals surface area contributed by atoms with E-state index < -0.39 is 0 Å². The number of rotatable bonds is 7. The first-order valence-electron chi connectivity index (χ1n) is 6.85. The van der Waals surface area contributed by atoms with E-state index in [9.17, 15) is 0 Å². The highest BCUT2D eigenvalue weighted by Crippen LogP contribution is 2.33. The van der Waals surface area contributed by atoms with E-state index in [4.69, 9.17) is 0 Å². The molecule has 0 saturated heterocycles. The normalized spacial score (nSPS) is 14.8. The van der Waals surface area contributed by atoms with E-state index in [-0.39, 0.29) is 0 Å². The van der Waals surface area contributed by atoms with Crippen molar-refractivity contribution in [1.82, 2.24) is 0 Å². The predicted octanol–water partition coefficient (Wildman–Crippen LogP) is 5.56. The molecule has 0 aromatic heterocycles. The third-order valence-electron chi connectivity index (χ3n) is 2.87. The van der Waals surface area contributed by atoms with Gasteiger partial charge in [-0.15, -0.1) is 0 Å². The van der Waals surface area contributed by atoms with Gasteiger partial charge in [-0.3, -0.25) is 0 Å². The molecule has 1 aliphatic carbocycles. The Balaban J connectivity index is 0.000000255. The van der Waals surface area contributed by atoms with Crippen molar-refractivity contribution in [3.05, 3.63) is 0 Å². The maximum absolute atomic E-state index is 2.27. The van der Waals surface area contributed by atoms with Crippen molar-refractivity contribution < 1.29 is 0 Å². The molecule has 1 aliphatic rings. The van der Waals surface area contributed by atoms with Crippen LogP contribution >= 0.6 is 0 Å². The minimum atomic E-state index is 1.15. The molecular formula is C14H30. The van der Waals surface area contributed by atoms with Gasteiger partial charge in [0.25, 0.3) is 0 Å². The summed E-state index contributed by atoms with van der Waals surface area (Å²) in [4.78, 5) is 0. The molecule has 1 saturated carbocycles. The van der Waals surface area contributed by atoms with E-state index in [0.29, 0.717) is 0 Å². The second-order valence-electron chi connectivity index (χ2n) is 4.65. The van der Waals surface area contributed by atoms with Gasteiger partial charge < -0.3 is 0 Å². The first-order chi connectivity index (χ1) is 6.85. The molecule has 0 heterocycles. The summed E-state index contributed by atoms with van der Waals surface area (Å²) in [7, 11) is 0. The average Bonchev–Trinajstić information content (AvgIpc) is 3.00. The van der Waals surface area contributed by atoms with Crippen LogP contribution in [0.1, 0.15) is 85.0 Å². The lowest BCUT2D eigenvalue weighted by atomic mass is 10.1. The summed E-state index contributed by atoms with van der Waals surface area (Å²) in [5.74, 6) is 1.15. The molecule has 0 amide bonds. The highest BCUT2D eigenvalue weighted by Gasteiger charge is 2.19. The van der Waals surface area contributed by atoms with E-state index in [1.807, 2.05) is 0 Å². The van der Waals surface area contributed by atoms with Gasteiger partial charge in [0.05, 0.1) is 0 Å². The molecule has 0 aromatic carbocycles. The lowest BCUT2D eigenvalue weighted by Gasteiger charge is -1.92. The molecule has 14 heavy (non-hydrogen) atoms. The SMILES string of the molecule is CCCCCC.CCCCCC1CC1. The van der Waals surface area contributed by atoms with Crippen LogP contribution in [0.2, 0.25) is 0 Å². The van der Waals surface area contributed by atoms with Crippen LogP contribution in [-0.2, 0) is 0 Å². The Morgan fingerprint density at radius 3 is 1.50 bits per heavy atom. The molecule has 0 unspecified atom stereocenters. The fourth-order valence-corrected chi connectivity index (χ4v) is 1.59. The van der Waals surface area contributed by atoms with Crippen LogP contribution in [-0.4, -0.2) is 0 Å². The minimum absolute atomic E-state index is 1.15. The minimum Gasteiger partial charge on any atom is -0.0654 e. The predicted molar refractivity (Wildman–Crippen MR) is 66.7 cm³/mol. The lowest BCUT2D eigenvalue weighted by molar-refractivity contribution is 0.620. The van der Waals surface area contributed by atoms with Crippen LogP contribution in [0.5, 0.6) is 0 Å². The Labute approximate surface area is 91.5 Å².